The number of rotatable bonds is 3. The summed E-state index contributed by atoms with van der Waals surface area (Å²) in [5.74, 6) is 0.619. The van der Waals surface area contributed by atoms with Gasteiger partial charge >= 0.3 is 0 Å². The van der Waals surface area contributed by atoms with Crippen molar-refractivity contribution >= 4 is 5.78 Å². The molecule has 0 amide bonds. The number of hydrogen-bond acceptors (Lipinski definition) is 4. The molecule has 76 valence electrons. The van der Waals surface area contributed by atoms with Crippen LogP contribution in [0.4, 0.5) is 0 Å². The number of hydrogen-bond donors (Lipinski definition) is 1. The second kappa shape index (κ2) is 3.92. The molecular weight excluding hydrogens is 180 g/mol. The summed E-state index contributed by atoms with van der Waals surface area (Å²) in [7, 11) is 0. The third kappa shape index (κ3) is 2.01. The Bertz CT molecular complexity index is 327. The highest BCUT2D eigenvalue weighted by molar-refractivity contribution is 5.91. The molecule has 0 aromatic carbocycles. The summed E-state index contributed by atoms with van der Waals surface area (Å²) in [6.07, 6.45) is 4.60. The highest BCUT2D eigenvalue weighted by Gasteiger charge is 2.17. The molecule has 1 fully saturated rings. The van der Waals surface area contributed by atoms with E-state index in [1.54, 1.807) is 0 Å². The molecule has 1 aromatic rings. The summed E-state index contributed by atoms with van der Waals surface area (Å²) in [5.41, 5.74) is 0.429. The first-order valence-corrected chi connectivity index (χ1v) is 4.94. The van der Waals surface area contributed by atoms with Crippen molar-refractivity contribution in [3.8, 4) is 0 Å². The largest absolute Gasteiger partial charge is 0.448 e. The van der Waals surface area contributed by atoms with Gasteiger partial charge in [-0.15, -0.1) is 0 Å². The number of aromatic nitrogens is 1. The number of carbonyl (C=O) groups excluding carboxylic acids is 1. The Balaban J connectivity index is 1.98. The third-order valence-corrected chi connectivity index (χ3v) is 2.50. The highest BCUT2D eigenvalue weighted by atomic mass is 16.3. The molecule has 0 aliphatic carbocycles. The zero-order valence-corrected chi connectivity index (χ0v) is 8.25. The first-order chi connectivity index (χ1) is 6.75. The summed E-state index contributed by atoms with van der Waals surface area (Å²) in [4.78, 5) is 15.1. The molecule has 4 nitrogen and oxygen atoms in total. The van der Waals surface area contributed by atoms with Crippen LogP contribution in [0.5, 0.6) is 0 Å². The van der Waals surface area contributed by atoms with Crippen molar-refractivity contribution in [2.45, 2.75) is 32.2 Å². The van der Waals surface area contributed by atoms with E-state index in [1.165, 1.54) is 19.6 Å². The zero-order valence-electron chi connectivity index (χ0n) is 8.25. The predicted octanol–water partition coefficient (Wildman–Crippen LogP) is 1.17. The molecule has 1 aromatic heterocycles. The van der Waals surface area contributed by atoms with Crippen LogP contribution in [0.2, 0.25) is 0 Å². The first-order valence-electron chi connectivity index (χ1n) is 4.94. The van der Waals surface area contributed by atoms with Crippen LogP contribution in [0.3, 0.4) is 0 Å². The van der Waals surface area contributed by atoms with Gasteiger partial charge < -0.3 is 9.73 Å². The summed E-state index contributed by atoms with van der Waals surface area (Å²) < 4.78 is 5.22. The molecule has 14 heavy (non-hydrogen) atoms. The Labute approximate surface area is 82.7 Å². The van der Waals surface area contributed by atoms with E-state index in [0.717, 1.165) is 19.4 Å². The monoisotopic (exact) mass is 194 g/mol. The fourth-order valence-electron chi connectivity index (χ4n) is 1.71. The minimum absolute atomic E-state index is 0.0422. The van der Waals surface area contributed by atoms with E-state index >= 15 is 0 Å². The second-order valence-corrected chi connectivity index (χ2v) is 3.68. The molecule has 0 spiro atoms. The number of carbonyl (C=O) groups is 1. The standard InChI is InChI=1S/C10H14N2O2/c1-7(13)9-6-14-10(12-9)5-8-3-2-4-11-8/h6,8,11H,2-5H2,1H3. The van der Waals surface area contributed by atoms with Gasteiger partial charge in [0, 0.05) is 19.4 Å². The fourth-order valence-corrected chi connectivity index (χ4v) is 1.71. The Kier molecular flexibility index (Phi) is 2.63. The van der Waals surface area contributed by atoms with Crippen LogP contribution in [0, 0.1) is 0 Å². The molecule has 0 radical (unpaired) electrons. The average Bonchev–Trinajstić information content (AvgIpc) is 2.75. The van der Waals surface area contributed by atoms with E-state index in [2.05, 4.69) is 10.3 Å². The van der Waals surface area contributed by atoms with Crippen molar-refractivity contribution in [2.24, 2.45) is 0 Å². The lowest BCUT2D eigenvalue weighted by molar-refractivity contribution is 0.101. The van der Waals surface area contributed by atoms with Gasteiger partial charge in [-0.25, -0.2) is 4.98 Å². The Morgan fingerprint density at radius 1 is 1.79 bits per heavy atom. The van der Waals surface area contributed by atoms with Crippen molar-refractivity contribution in [1.82, 2.24) is 10.3 Å². The van der Waals surface area contributed by atoms with Gasteiger partial charge in [0.25, 0.3) is 0 Å². The maximum atomic E-state index is 11.0. The summed E-state index contributed by atoms with van der Waals surface area (Å²) in [5, 5.41) is 3.36. The topological polar surface area (TPSA) is 55.1 Å². The van der Waals surface area contributed by atoms with E-state index < -0.39 is 0 Å². The van der Waals surface area contributed by atoms with Gasteiger partial charge in [0.2, 0.25) is 0 Å². The summed E-state index contributed by atoms with van der Waals surface area (Å²) >= 11 is 0. The second-order valence-electron chi connectivity index (χ2n) is 3.68. The minimum atomic E-state index is -0.0422. The third-order valence-electron chi connectivity index (χ3n) is 2.50. The van der Waals surface area contributed by atoms with Crippen molar-refractivity contribution in [3.63, 3.8) is 0 Å². The Morgan fingerprint density at radius 3 is 3.21 bits per heavy atom. The molecule has 1 unspecified atom stereocenters. The van der Waals surface area contributed by atoms with Crippen LogP contribution in [0.1, 0.15) is 36.1 Å². The molecule has 1 N–H and O–H groups in total. The molecule has 1 aliphatic heterocycles. The van der Waals surface area contributed by atoms with E-state index in [4.69, 9.17) is 4.42 Å². The molecule has 0 saturated carbocycles. The van der Waals surface area contributed by atoms with Crippen LogP contribution in [-0.2, 0) is 6.42 Å². The molecule has 2 rings (SSSR count). The number of Topliss-reactive ketones (excluding diaryl/α,β-unsaturated/α-hetero) is 1. The Morgan fingerprint density at radius 2 is 2.64 bits per heavy atom. The van der Waals surface area contributed by atoms with Gasteiger partial charge in [-0.3, -0.25) is 4.79 Å². The quantitative estimate of drug-likeness (QED) is 0.734. The van der Waals surface area contributed by atoms with Gasteiger partial charge in [0.15, 0.2) is 11.7 Å². The van der Waals surface area contributed by atoms with Gasteiger partial charge in [-0.1, -0.05) is 0 Å². The lowest BCUT2D eigenvalue weighted by atomic mass is 10.1. The number of oxazole rings is 1. The van der Waals surface area contributed by atoms with Crippen LogP contribution in [0.25, 0.3) is 0 Å². The van der Waals surface area contributed by atoms with Gasteiger partial charge in [-0.2, -0.15) is 0 Å². The van der Waals surface area contributed by atoms with Crippen molar-refractivity contribution in [3.05, 3.63) is 17.8 Å². The normalized spacial score (nSPS) is 21.4. The van der Waals surface area contributed by atoms with E-state index in [-0.39, 0.29) is 5.78 Å². The van der Waals surface area contributed by atoms with Crippen molar-refractivity contribution < 1.29 is 9.21 Å². The first kappa shape index (κ1) is 9.40. The Hall–Kier alpha value is -1.16. The number of nitrogens with zero attached hydrogens (tertiary/aromatic N) is 1. The lowest BCUT2D eigenvalue weighted by Crippen LogP contribution is -2.23. The van der Waals surface area contributed by atoms with Crippen molar-refractivity contribution in [1.29, 1.82) is 0 Å². The smallest absolute Gasteiger partial charge is 0.196 e. The maximum absolute atomic E-state index is 11.0. The molecular formula is C10H14N2O2. The average molecular weight is 194 g/mol. The molecule has 1 saturated heterocycles. The van der Waals surface area contributed by atoms with Gasteiger partial charge in [-0.05, 0) is 19.4 Å². The van der Waals surface area contributed by atoms with Crippen LogP contribution in [-0.4, -0.2) is 23.4 Å². The summed E-state index contributed by atoms with van der Waals surface area (Å²) in [6, 6.07) is 0.466. The predicted molar refractivity (Wildman–Crippen MR) is 51.2 cm³/mol. The minimum Gasteiger partial charge on any atom is -0.448 e. The highest BCUT2D eigenvalue weighted by Crippen LogP contribution is 2.12. The fraction of sp³-hybridized carbons (Fsp3) is 0.600. The molecule has 4 heteroatoms. The van der Waals surface area contributed by atoms with Gasteiger partial charge in [0.1, 0.15) is 12.0 Å². The molecule has 2 heterocycles. The molecule has 0 bridgehead atoms. The van der Waals surface area contributed by atoms with E-state index in [1.807, 2.05) is 0 Å². The van der Waals surface area contributed by atoms with Crippen LogP contribution < -0.4 is 5.32 Å². The molecule has 1 aliphatic rings. The van der Waals surface area contributed by atoms with Gasteiger partial charge in [0.05, 0.1) is 0 Å². The molecule has 1 atom stereocenters. The summed E-state index contributed by atoms with van der Waals surface area (Å²) in [6.45, 7) is 2.57. The number of nitrogens with one attached hydrogen (secondary N) is 1. The lowest BCUT2D eigenvalue weighted by Gasteiger charge is -2.05. The maximum Gasteiger partial charge on any atom is 0.196 e. The van der Waals surface area contributed by atoms with Crippen LogP contribution >= 0.6 is 0 Å². The van der Waals surface area contributed by atoms with E-state index in [9.17, 15) is 4.79 Å². The van der Waals surface area contributed by atoms with Crippen LogP contribution in [0.15, 0.2) is 10.7 Å². The zero-order chi connectivity index (χ0) is 9.97. The number of ketones is 1. The SMILES string of the molecule is CC(=O)c1coc(CC2CCCN2)n1. The van der Waals surface area contributed by atoms with E-state index in [0.29, 0.717) is 17.6 Å². The van der Waals surface area contributed by atoms with Crippen molar-refractivity contribution in [2.75, 3.05) is 6.54 Å².